The maximum atomic E-state index is 13.7. The summed E-state index contributed by atoms with van der Waals surface area (Å²) in [5, 5.41) is 11.1. The number of benzene rings is 2. The summed E-state index contributed by atoms with van der Waals surface area (Å²) in [6.45, 7) is 2.12. The second-order valence-corrected chi connectivity index (χ2v) is 10.9. The molecule has 208 valence electrons. The van der Waals surface area contributed by atoms with E-state index in [-0.39, 0.29) is 43.2 Å². The highest BCUT2D eigenvalue weighted by Crippen LogP contribution is 2.35. The minimum absolute atomic E-state index is 0.0459. The number of methoxy groups -OCH3 is 2. The number of carboxylic acid groups (broad SMARTS) is 1. The fourth-order valence-electron chi connectivity index (χ4n) is 4.78. The van der Waals surface area contributed by atoms with E-state index in [0.29, 0.717) is 29.7 Å². The van der Waals surface area contributed by atoms with Gasteiger partial charge in [-0.15, -0.1) is 0 Å². The van der Waals surface area contributed by atoms with Crippen LogP contribution in [0, 0.1) is 0 Å². The first-order chi connectivity index (χ1) is 18.0. The third-order valence-corrected chi connectivity index (χ3v) is 8.22. The van der Waals surface area contributed by atoms with Gasteiger partial charge in [-0.25, -0.2) is 13.2 Å². The molecule has 1 fully saturated rings. The molecule has 0 spiro atoms. The zero-order chi connectivity index (χ0) is 28.1. The molecule has 1 amide bonds. The van der Waals surface area contributed by atoms with Crippen LogP contribution in [-0.4, -0.2) is 75.2 Å². The van der Waals surface area contributed by atoms with Crippen molar-refractivity contribution < 1.29 is 32.6 Å². The largest absolute Gasteiger partial charge is 0.493 e. The quantitative estimate of drug-likeness (QED) is 0.163. The van der Waals surface area contributed by atoms with E-state index in [2.05, 4.69) is 9.71 Å². The van der Waals surface area contributed by atoms with Crippen LogP contribution in [0.15, 0.2) is 40.2 Å². The van der Waals surface area contributed by atoms with E-state index in [1.807, 2.05) is 6.92 Å². The number of hydrogen-bond acceptors (Lipinski definition) is 7. The van der Waals surface area contributed by atoms with E-state index in [0.717, 1.165) is 5.39 Å². The molecule has 12 nitrogen and oxygen atoms in total. The van der Waals surface area contributed by atoms with Crippen LogP contribution in [-0.2, 0) is 19.6 Å². The Hall–Kier alpha value is -3.58. The van der Waals surface area contributed by atoms with Gasteiger partial charge < -0.3 is 30.9 Å². The van der Waals surface area contributed by atoms with Crippen molar-refractivity contribution in [2.45, 2.75) is 55.5 Å². The zero-order valence-electron chi connectivity index (χ0n) is 21.8. The summed E-state index contributed by atoms with van der Waals surface area (Å²) in [5.41, 5.74) is 9.26. The second kappa shape index (κ2) is 11.9. The van der Waals surface area contributed by atoms with Gasteiger partial charge in [0.1, 0.15) is 11.6 Å². The fraction of sp³-hybridized carbons (Fsp3) is 0.480. The van der Waals surface area contributed by atoms with E-state index in [1.165, 1.54) is 31.3 Å². The van der Waals surface area contributed by atoms with Crippen molar-refractivity contribution in [3.05, 3.63) is 30.3 Å². The van der Waals surface area contributed by atoms with Crippen molar-refractivity contribution in [2.24, 2.45) is 16.5 Å². The van der Waals surface area contributed by atoms with E-state index in [4.69, 9.17) is 20.9 Å². The fourth-order valence-corrected chi connectivity index (χ4v) is 6.23. The van der Waals surface area contributed by atoms with Gasteiger partial charge in [0, 0.05) is 13.1 Å². The topological polar surface area (TPSA) is 187 Å². The molecule has 0 aromatic heterocycles. The third kappa shape index (κ3) is 6.10. The molecule has 6 N–H and O–H groups in total. The lowest BCUT2D eigenvalue weighted by molar-refractivity contribution is -0.150. The number of carbonyl (C=O) groups excluding carboxylic acids is 1. The standard InChI is InChI=1S/C25H35N5O7S/c1-4-6-19(22(31)32)30-12-10-25(23(30)33,9-5-11-28-24(26)27)29-38(34,35)18-8-7-16-14-20(36-2)21(37-3)15-17(16)13-18/h7-8,13-15,19,29H,4-6,9-12H2,1-3H3,(H,31,32)(H4,26,27,28)/t19?,25-/m0/s1. The van der Waals surface area contributed by atoms with Gasteiger partial charge in [-0.1, -0.05) is 19.4 Å². The number of nitrogens with zero attached hydrogens (tertiary/aromatic N) is 2. The van der Waals surface area contributed by atoms with E-state index < -0.39 is 33.5 Å². The molecule has 3 rings (SSSR count). The number of sulfonamides is 1. The van der Waals surface area contributed by atoms with Crippen molar-refractivity contribution in [3.8, 4) is 11.5 Å². The number of aliphatic carboxylic acids is 1. The van der Waals surface area contributed by atoms with Gasteiger partial charge in [-0.2, -0.15) is 4.72 Å². The third-order valence-electron chi connectivity index (χ3n) is 6.68. The summed E-state index contributed by atoms with van der Waals surface area (Å²) in [4.78, 5) is 30.7. The highest BCUT2D eigenvalue weighted by molar-refractivity contribution is 7.89. The lowest BCUT2D eigenvalue weighted by Crippen LogP contribution is -2.56. The first kappa shape index (κ1) is 29.0. The Bertz CT molecular complexity index is 1330. The lowest BCUT2D eigenvalue weighted by atomic mass is 9.93. The molecule has 2 aromatic carbocycles. The Labute approximate surface area is 222 Å². The van der Waals surface area contributed by atoms with Gasteiger partial charge in [-0.05, 0) is 60.7 Å². The van der Waals surface area contributed by atoms with Crippen molar-refractivity contribution >= 4 is 38.6 Å². The highest BCUT2D eigenvalue weighted by Gasteiger charge is 2.51. The molecule has 1 saturated heterocycles. The summed E-state index contributed by atoms with van der Waals surface area (Å²) in [6, 6.07) is 6.94. The predicted octanol–water partition coefficient (Wildman–Crippen LogP) is 1.41. The van der Waals surface area contributed by atoms with Crippen LogP contribution in [0.4, 0.5) is 0 Å². The van der Waals surface area contributed by atoms with Crippen LogP contribution in [0.25, 0.3) is 10.8 Å². The van der Waals surface area contributed by atoms with Gasteiger partial charge in [-0.3, -0.25) is 9.79 Å². The normalized spacial score (nSPS) is 18.4. The van der Waals surface area contributed by atoms with Crippen LogP contribution in [0.2, 0.25) is 0 Å². The Morgan fingerprint density at radius 3 is 2.42 bits per heavy atom. The Morgan fingerprint density at radius 1 is 1.18 bits per heavy atom. The zero-order valence-corrected chi connectivity index (χ0v) is 22.6. The molecular weight excluding hydrogens is 514 g/mol. The SMILES string of the molecule is CCCC(C(=O)O)N1CC[C@](CCCN=C(N)N)(NS(=O)(=O)c2ccc3cc(OC)c(OC)cc3c2)C1=O. The highest BCUT2D eigenvalue weighted by atomic mass is 32.2. The molecule has 2 atom stereocenters. The maximum absolute atomic E-state index is 13.7. The predicted molar refractivity (Wildman–Crippen MR) is 143 cm³/mol. The average Bonchev–Trinajstić information content (AvgIpc) is 3.18. The number of hydrogen-bond donors (Lipinski definition) is 4. The number of rotatable bonds is 13. The number of guanidine groups is 1. The first-order valence-electron chi connectivity index (χ1n) is 12.3. The molecule has 1 aliphatic heterocycles. The van der Waals surface area contributed by atoms with Crippen LogP contribution in [0.3, 0.4) is 0 Å². The lowest BCUT2D eigenvalue weighted by Gasteiger charge is -2.31. The minimum Gasteiger partial charge on any atom is -0.493 e. The number of likely N-dealkylation sites (tertiary alicyclic amines) is 1. The number of ether oxygens (including phenoxy) is 2. The maximum Gasteiger partial charge on any atom is 0.326 e. The molecule has 0 radical (unpaired) electrons. The molecule has 0 saturated carbocycles. The van der Waals surface area contributed by atoms with Crippen molar-refractivity contribution in [1.29, 1.82) is 0 Å². The summed E-state index contributed by atoms with van der Waals surface area (Å²) < 4.78 is 40.5. The number of aliphatic imine (C=N–C) groups is 1. The van der Waals surface area contributed by atoms with Gasteiger partial charge >= 0.3 is 5.97 Å². The van der Waals surface area contributed by atoms with E-state index >= 15 is 0 Å². The minimum atomic E-state index is -4.20. The van der Waals surface area contributed by atoms with Crippen LogP contribution >= 0.6 is 0 Å². The Kier molecular flexibility index (Phi) is 9.05. The van der Waals surface area contributed by atoms with Crippen LogP contribution < -0.4 is 25.7 Å². The number of fused-ring (bicyclic) bond motifs is 1. The molecule has 1 heterocycles. The van der Waals surface area contributed by atoms with Crippen molar-refractivity contribution in [2.75, 3.05) is 27.3 Å². The number of carboxylic acids is 1. The molecule has 38 heavy (non-hydrogen) atoms. The molecule has 13 heteroatoms. The molecule has 0 aliphatic carbocycles. The number of amides is 1. The smallest absolute Gasteiger partial charge is 0.326 e. The summed E-state index contributed by atoms with van der Waals surface area (Å²) >= 11 is 0. The van der Waals surface area contributed by atoms with Crippen molar-refractivity contribution in [3.63, 3.8) is 0 Å². The second-order valence-electron chi connectivity index (χ2n) is 9.21. The molecule has 1 aliphatic rings. The van der Waals surface area contributed by atoms with Gasteiger partial charge in [0.05, 0.1) is 19.1 Å². The van der Waals surface area contributed by atoms with E-state index in [1.54, 1.807) is 18.2 Å². The average molecular weight is 550 g/mol. The Balaban J connectivity index is 1.98. The van der Waals surface area contributed by atoms with Crippen LogP contribution in [0.5, 0.6) is 11.5 Å². The van der Waals surface area contributed by atoms with Gasteiger partial charge in [0.25, 0.3) is 0 Å². The Morgan fingerprint density at radius 2 is 1.84 bits per heavy atom. The van der Waals surface area contributed by atoms with Gasteiger partial charge in [0.15, 0.2) is 17.5 Å². The number of nitrogens with two attached hydrogens (primary N) is 2. The van der Waals surface area contributed by atoms with Crippen LogP contribution in [0.1, 0.15) is 39.0 Å². The summed E-state index contributed by atoms with van der Waals surface area (Å²) in [7, 11) is -1.20. The number of nitrogens with one attached hydrogen (secondary N) is 1. The molecule has 1 unspecified atom stereocenters. The molecule has 2 aromatic rings. The monoisotopic (exact) mass is 549 g/mol. The van der Waals surface area contributed by atoms with Gasteiger partial charge in [0.2, 0.25) is 15.9 Å². The first-order valence-corrected chi connectivity index (χ1v) is 13.8. The van der Waals surface area contributed by atoms with Crippen molar-refractivity contribution in [1.82, 2.24) is 9.62 Å². The molecule has 0 bridgehead atoms. The number of carbonyl (C=O) groups is 2. The molecular formula is C25H35N5O7S. The summed E-state index contributed by atoms with van der Waals surface area (Å²) in [5.74, 6) is -0.866. The van der Waals surface area contributed by atoms with E-state index in [9.17, 15) is 23.1 Å². The summed E-state index contributed by atoms with van der Waals surface area (Å²) in [6.07, 6.45) is 1.32.